The molecule has 29 heteroatoms. The first-order valence-corrected chi connectivity index (χ1v) is 32.9. The van der Waals surface area contributed by atoms with Crippen LogP contribution in [0.15, 0.2) is 11.6 Å². The quantitative estimate of drug-likeness (QED) is 0.0457. The van der Waals surface area contributed by atoms with E-state index in [9.17, 15) is 81.7 Å². The number of aliphatic hydroxyl groups is 16. The SMILES string of the molecule is C[C@@H]1O[C@@H](O[C@H]2CC[C@@]3(C)C(CC[C@]4(C)C3CC=C3[C@@H]5CC(C)(C)CC[C@]5(C(=O)O[C@@H]5O[C@H](CO)[C@@H](O)[C@H](O)[C@H]5O[C@@H]5OC[C@@H](O)[C@H](O[C@@H]6OC[C@@H](O)[C@H](O)[C@H]6O)[C@H]5O[C@@H]5O[C@H](CO)[C@@H](O)[C@H](O)[C@H]5O)CC[C@]34C)C2(C)C)[C@H](O[C@@H]2OC[C@@H](O)[C@H](O)[C@H]2O)[C@H](O)[C@H]1O. The van der Waals surface area contributed by atoms with Gasteiger partial charge in [-0.05, 0) is 116 Å². The molecule has 10 fully saturated rings. The summed E-state index contributed by atoms with van der Waals surface area (Å²) in [7, 11) is 0. The van der Waals surface area contributed by atoms with E-state index < -0.39 is 221 Å². The standard InChI is InChI=1S/C63H102O29/c1-25-36(69)42(75)48(89-52-45(78)38(71)29(67)23-82-52)55(84-25)87-35-12-13-60(6)33(59(35,4)5)11-14-62(8)34(60)10-9-26-27-19-58(2,3)15-17-63(27,18-16-61(26,62)7)57(80)92-56-49(43(76)40(73)32(21-65)86-56)90-54-50(91-53-46(79)41(74)39(72)31(20-64)85-53)47(30(68)24-83-54)88-51-44(77)37(70)28(66)22-81-51/h9,25,27-56,64-79H,10-24H2,1-8H3/t25-,27-,28+,29+,30+,31+,32+,33?,34?,35-,36-,37-,38-,39+,40+,41-,42+,43-,44+,45+,46+,47-,48+,49+,50+,51-,52-,53-,54-,55-,56-,60-,61+,62+,63-/m0/s1. The van der Waals surface area contributed by atoms with Crippen molar-refractivity contribution in [2.45, 2.75) is 292 Å². The summed E-state index contributed by atoms with van der Waals surface area (Å²) in [5, 5.41) is 174. The van der Waals surface area contributed by atoms with Gasteiger partial charge in [-0.3, -0.25) is 4.79 Å². The number of carbonyl (C=O) groups is 1. The predicted octanol–water partition coefficient (Wildman–Crippen LogP) is -3.44. The molecule has 5 aliphatic carbocycles. The van der Waals surface area contributed by atoms with Gasteiger partial charge >= 0.3 is 5.97 Å². The van der Waals surface area contributed by atoms with Gasteiger partial charge in [0.1, 0.15) is 116 Å². The van der Waals surface area contributed by atoms with E-state index in [0.717, 1.165) is 19.3 Å². The molecule has 11 rings (SSSR count). The Bertz CT molecular complexity index is 2580. The summed E-state index contributed by atoms with van der Waals surface area (Å²) in [6.45, 7) is 14.3. The van der Waals surface area contributed by atoms with Crippen molar-refractivity contribution in [3.63, 3.8) is 0 Å². The second-order valence-corrected chi connectivity index (χ2v) is 30.5. The highest BCUT2D eigenvalue weighted by molar-refractivity contribution is 5.79. The molecular weight excluding hydrogens is 1220 g/mol. The summed E-state index contributed by atoms with van der Waals surface area (Å²) in [4.78, 5) is 15.8. The molecule has 11 aliphatic rings. The van der Waals surface area contributed by atoms with Crippen molar-refractivity contribution >= 4 is 5.97 Å². The van der Waals surface area contributed by atoms with Gasteiger partial charge in [-0.15, -0.1) is 0 Å². The predicted molar refractivity (Wildman–Crippen MR) is 309 cm³/mol. The molecule has 92 heavy (non-hydrogen) atoms. The zero-order chi connectivity index (χ0) is 66.9. The molecule has 528 valence electrons. The Morgan fingerprint density at radius 1 is 0.489 bits per heavy atom. The lowest BCUT2D eigenvalue weighted by Crippen LogP contribution is -2.67. The lowest BCUT2D eigenvalue weighted by Gasteiger charge is -2.71. The minimum absolute atomic E-state index is 0.120. The molecule has 6 saturated heterocycles. The van der Waals surface area contributed by atoms with Gasteiger partial charge in [0.15, 0.2) is 37.6 Å². The molecule has 0 aromatic heterocycles. The van der Waals surface area contributed by atoms with Crippen LogP contribution in [0.1, 0.15) is 120 Å². The Kier molecular flexibility index (Phi) is 20.7. The Balaban J connectivity index is 0.852. The summed E-state index contributed by atoms with van der Waals surface area (Å²) in [6, 6.07) is 0. The van der Waals surface area contributed by atoms with E-state index in [2.05, 4.69) is 54.5 Å². The normalized spacial score (nSPS) is 54.3. The summed E-state index contributed by atoms with van der Waals surface area (Å²) in [6.07, 6.45) is -36.7. The molecule has 35 atom stereocenters. The third-order valence-corrected chi connectivity index (χ3v) is 24.4. The number of hydrogen-bond acceptors (Lipinski definition) is 29. The smallest absolute Gasteiger partial charge is 0.315 e. The van der Waals surface area contributed by atoms with Gasteiger partial charge in [0.25, 0.3) is 0 Å². The van der Waals surface area contributed by atoms with Crippen molar-refractivity contribution < 1.29 is 143 Å². The fraction of sp³-hybridized carbons (Fsp3) is 0.952. The molecule has 29 nitrogen and oxygen atoms in total. The fourth-order valence-electron chi connectivity index (χ4n) is 18.5. The van der Waals surface area contributed by atoms with Crippen LogP contribution in [0.25, 0.3) is 0 Å². The van der Waals surface area contributed by atoms with Crippen LogP contribution in [0, 0.1) is 50.2 Å². The third kappa shape index (κ3) is 12.2. The van der Waals surface area contributed by atoms with Crippen molar-refractivity contribution in [2.75, 3.05) is 33.0 Å². The number of hydrogen-bond donors (Lipinski definition) is 16. The fourth-order valence-corrected chi connectivity index (χ4v) is 18.5. The number of fused-ring (bicyclic) bond motifs is 7. The molecule has 6 aliphatic heterocycles. The van der Waals surface area contributed by atoms with E-state index in [-0.39, 0.29) is 40.6 Å². The summed E-state index contributed by atoms with van der Waals surface area (Å²) >= 11 is 0. The molecule has 0 radical (unpaired) electrons. The Labute approximate surface area is 534 Å². The largest absolute Gasteiger partial charge is 0.432 e. The molecule has 0 bridgehead atoms. The first kappa shape index (κ1) is 71.4. The lowest BCUT2D eigenvalue weighted by molar-refractivity contribution is -0.395. The molecule has 2 unspecified atom stereocenters. The van der Waals surface area contributed by atoms with Crippen molar-refractivity contribution in [2.24, 2.45) is 50.2 Å². The van der Waals surface area contributed by atoms with Crippen LogP contribution < -0.4 is 0 Å². The number of rotatable bonds is 14. The zero-order valence-corrected chi connectivity index (χ0v) is 53.5. The average Bonchev–Trinajstić information content (AvgIpc) is 0.676. The molecule has 16 N–H and O–H groups in total. The topological polar surface area (TPSA) is 452 Å². The van der Waals surface area contributed by atoms with Gasteiger partial charge in [-0.2, -0.15) is 0 Å². The molecule has 0 amide bonds. The summed E-state index contributed by atoms with van der Waals surface area (Å²) < 4.78 is 73.1. The Morgan fingerprint density at radius 2 is 1.01 bits per heavy atom. The Morgan fingerprint density at radius 3 is 1.64 bits per heavy atom. The first-order valence-electron chi connectivity index (χ1n) is 32.9. The lowest BCUT2D eigenvalue weighted by atomic mass is 9.33. The monoisotopic (exact) mass is 1320 g/mol. The van der Waals surface area contributed by atoms with Crippen LogP contribution >= 0.6 is 0 Å². The van der Waals surface area contributed by atoms with E-state index in [1.807, 2.05) is 0 Å². The maximum Gasteiger partial charge on any atom is 0.315 e. The second kappa shape index (κ2) is 26.7. The van der Waals surface area contributed by atoms with Gasteiger partial charge < -0.3 is 139 Å². The van der Waals surface area contributed by atoms with Crippen LogP contribution in [0.2, 0.25) is 0 Å². The minimum Gasteiger partial charge on any atom is -0.432 e. The van der Waals surface area contributed by atoms with Gasteiger partial charge in [0.05, 0.1) is 50.7 Å². The second-order valence-electron chi connectivity index (χ2n) is 30.5. The molecule has 0 spiro atoms. The van der Waals surface area contributed by atoms with Crippen LogP contribution in [-0.4, -0.2) is 293 Å². The minimum atomic E-state index is -2.04. The van der Waals surface area contributed by atoms with Crippen molar-refractivity contribution in [1.82, 2.24) is 0 Å². The van der Waals surface area contributed by atoms with E-state index in [0.29, 0.717) is 44.9 Å². The van der Waals surface area contributed by atoms with Crippen molar-refractivity contribution in [1.29, 1.82) is 0 Å². The molecule has 0 aromatic carbocycles. The number of carbonyl (C=O) groups excluding carboxylic acids is 1. The molecule has 6 heterocycles. The van der Waals surface area contributed by atoms with Crippen LogP contribution in [0.3, 0.4) is 0 Å². The maximum absolute atomic E-state index is 15.8. The highest BCUT2D eigenvalue weighted by atomic mass is 16.8. The van der Waals surface area contributed by atoms with Gasteiger partial charge in [0.2, 0.25) is 6.29 Å². The van der Waals surface area contributed by atoms with Crippen LogP contribution in [0.5, 0.6) is 0 Å². The number of esters is 1. The van der Waals surface area contributed by atoms with Gasteiger partial charge in [0, 0.05) is 0 Å². The summed E-state index contributed by atoms with van der Waals surface area (Å²) in [5.41, 5.74) is -1.64. The Hall–Kier alpha value is -1.87. The number of allylic oxidation sites excluding steroid dienone is 2. The van der Waals surface area contributed by atoms with Crippen LogP contribution in [0.4, 0.5) is 0 Å². The van der Waals surface area contributed by atoms with Gasteiger partial charge in [-0.25, -0.2) is 0 Å². The highest BCUT2D eigenvalue weighted by Crippen LogP contribution is 2.76. The third-order valence-electron chi connectivity index (χ3n) is 24.4. The van der Waals surface area contributed by atoms with Gasteiger partial charge in [-0.1, -0.05) is 60.1 Å². The summed E-state index contributed by atoms with van der Waals surface area (Å²) in [5.74, 6) is -0.733. The van der Waals surface area contributed by atoms with Crippen molar-refractivity contribution in [3.05, 3.63) is 11.6 Å². The van der Waals surface area contributed by atoms with E-state index in [1.165, 1.54) is 5.57 Å². The van der Waals surface area contributed by atoms with E-state index in [4.69, 9.17) is 56.8 Å². The zero-order valence-electron chi connectivity index (χ0n) is 53.5. The molecule has 0 aromatic rings. The van der Waals surface area contributed by atoms with E-state index >= 15 is 4.79 Å². The molecular formula is C63H102O29. The maximum atomic E-state index is 15.8. The first-order chi connectivity index (χ1) is 43.2. The number of aliphatic hydroxyl groups excluding tert-OH is 16. The van der Waals surface area contributed by atoms with E-state index in [1.54, 1.807) is 6.92 Å². The average molecular weight is 1320 g/mol. The molecule has 4 saturated carbocycles. The van der Waals surface area contributed by atoms with Crippen molar-refractivity contribution in [3.8, 4) is 0 Å². The van der Waals surface area contributed by atoms with Crippen LogP contribution in [-0.2, 0) is 61.6 Å². The number of ether oxygens (including phenoxy) is 12. The highest BCUT2D eigenvalue weighted by Gasteiger charge is 2.71.